The molecule has 0 saturated carbocycles. The first-order valence-corrected chi connectivity index (χ1v) is 14.3. The first-order valence-electron chi connectivity index (χ1n) is 11.0. The number of rotatable bonds is 8. The second kappa shape index (κ2) is 12.6. The third-order valence-corrected chi connectivity index (χ3v) is 9.21. The molecule has 0 radical (unpaired) electrons. The predicted molar refractivity (Wildman–Crippen MR) is 158 cm³/mol. The molecule has 0 saturated heterocycles. The number of anilines is 2. The number of nitrogens with zero attached hydrogens (tertiary/aromatic N) is 1. The van der Waals surface area contributed by atoms with E-state index in [1.807, 2.05) is 42.6 Å². The van der Waals surface area contributed by atoms with Crippen LogP contribution < -0.4 is 10.6 Å². The molecule has 200 valence electrons. The number of carbonyl (C=O) groups is 3. The van der Waals surface area contributed by atoms with Crippen molar-refractivity contribution < 1.29 is 19.5 Å². The van der Waals surface area contributed by atoms with E-state index >= 15 is 0 Å². The monoisotopic (exact) mass is 639 g/mol. The molecule has 4 rings (SSSR count). The Morgan fingerprint density at radius 1 is 0.872 bits per heavy atom. The second-order valence-electron chi connectivity index (χ2n) is 7.98. The van der Waals surface area contributed by atoms with Gasteiger partial charge in [-0.2, -0.15) is 0 Å². The van der Waals surface area contributed by atoms with E-state index in [9.17, 15) is 19.5 Å². The molecule has 0 aliphatic rings. The predicted octanol–water partition coefficient (Wildman–Crippen LogP) is 8.49. The molecule has 0 bridgehead atoms. The van der Waals surface area contributed by atoms with Gasteiger partial charge in [0.2, 0.25) is 5.91 Å². The summed E-state index contributed by atoms with van der Waals surface area (Å²) in [5.41, 5.74) is 0.987. The summed E-state index contributed by atoms with van der Waals surface area (Å²) in [6.07, 6.45) is 0. The Bertz CT molecular complexity index is 1560. The fourth-order valence-corrected chi connectivity index (χ4v) is 6.21. The number of thioether (sulfide) groups is 1. The minimum atomic E-state index is -1.49. The smallest absolute Gasteiger partial charge is 0.338 e. The van der Waals surface area contributed by atoms with Crippen LogP contribution in [0, 0.1) is 6.92 Å². The number of benzene rings is 3. The van der Waals surface area contributed by atoms with Gasteiger partial charge in [0, 0.05) is 16.0 Å². The van der Waals surface area contributed by atoms with Crippen molar-refractivity contribution >= 4 is 98.1 Å². The normalized spacial score (nSPS) is 11.6. The zero-order valence-electron chi connectivity index (χ0n) is 19.8. The molecule has 2 amide bonds. The number of aromatic nitrogens is 1. The van der Waals surface area contributed by atoms with Crippen molar-refractivity contribution in [2.75, 3.05) is 10.6 Å². The van der Waals surface area contributed by atoms with Crippen LogP contribution in [0.3, 0.4) is 0 Å². The highest BCUT2D eigenvalue weighted by molar-refractivity contribution is 8.00. The van der Waals surface area contributed by atoms with Crippen molar-refractivity contribution in [2.45, 2.75) is 17.1 Å². The van der Waals surface area contributed by atoms with Gasteiger partial charge in [-0.15, -0.1) is 23.1 Å². The summed E-state index contributed by atoms with van der Waals surface area (Å²) >= 11 is 26.9. The second-order valence-corrected chi connectivity index (χ2v) is 11.5. The number of carbonyl (C=O) groups excluding carboxylic acids is 2. The third kappa shape index (κ3) is 6.69. The lowest BCUT2D eigenvalue weighted by molar-refractivity contribution is -0.115. The van der Waals surface area contributed by atoms with Crippen LogP contribution in [0.2, 0.25) is 20.1 Å². The Balaban J connectivity index is 1.55. The lowest BCUT2D eigenvalue weighted by Gasteiger charge is -2.17. The van der Waals surface area contributed by atoms with Crippen molar-refractivity contribution in [1.29, 1.82) is 0 Å². The number of aromatic carboxylic acids is 1. The van der Waals surface area contributed by atoms with E-state index in [1.165, 1.54) is 23.1 Å². The Morgan fingerprint density at radius 3 is 2.05 bits per heavy atom. The van der Waals surface area contributed by atoms with E-state index in [4.69, 9.17) is 46.4 Å². The molecular formula is C26H17Cl4N3O4S2. The van der Waals surface area contributed by atoms with Crippen molar-refractivity contribution in [1.82, 2.24) is 4.98 Å². The third-order valence-electron chi connectivity index (χ3n) is 5.26. The Kier molecular flexibility index (Phi) is 9.43. The molecule has 13 heteroatoms. The number of carboxylic acids is 1. The molecule has 1 atom stereocenters. The maximum absolute atomic E-state index is 13.2. The van der Waals surface area contributed by atoms with E-state index in [2.05, 4.69) is 15.6 Å². The highest BCUT2D eigenvalue weighted by Crippen LogP contribution is 2.42. The van der Waals surface area contributed by atoms with Crippen molar-refractivity contribution in [3.63, 3.8) is 0 Å². The van der Waals surface area contributed by atoms with E-state index in [0.29, 0.717) is 10.8 Å². The van der Waals surface area contributed by atoms with Crippen LogP contribution in [0.1, 0.15) is 37.2 Å². The minimum Gasteiger partial charge on any atom is -0.478 e. The van der Waals surface area contributed by atoms with Gasteiger partial charge < -0.3 is 15.7 Å². The zero-order chi connectivity index (χ0) is 28.3. The molecule has 7 nitrogen and oxygen atoms in total. The van der Waals surface area contributed by atoms with Gasteiger partial charge >= 0.3 is 5.97 Å². The van der Waals surface area contributed by atoms with E-state index in [-0.39, 0.29) is 21.0 Å². The molecule has 4 aromatic rings. The van der Waals surface area contributed by atoms with Crippen molar-refractivity contribution in [2.24, 2.45) is 0 Å². The van der Waals surface area contributed by atoms with E-state index in [1.54, 1.807) is 24.3 Å². The fourth-order valence-electron chi connectivity index (χ4n) is 3.48. The highest BCUT2D eigenvalue weighted by Gasteiger charge is 2.29. The number of thiazole rings is 1. The van der Waals surface area contributed by atoms with Crippen LogP contribution in [0.15, 0.2) is 64.9 Å². The molecule has 1 heterocycles. The van der Waals surface area contributed by atoms with Gasteiger partial charge in [0.15, 0.2) is 5.13 Å². The molecule has 0 spiro atoms. The summed E-state index contributed by atoms with van der Waals surface area (Å²) in [5, 5.41) is 15.6. The number of hydrogen-bond acceptors (Lipinski definition) is 6. The van der Waals surface area contributed by atoms with Gasteiger partial charge in [0.05, 0.1) is 36.9 Å². The molecule has 0 aliphatic carbocycles. The van der Waals surface area contributed by atoms with Crippen LogP contribution in [0.25, 0.3) is 0 Å². The van der Waals surface area contributed by atoms with Gasteiger partial charge in [-0.1, -0.05) is 76.7 Å². The van der Waals surface area contributed by atoms with Crippen LogP contribution in [-0.2, 0) is 4.79 Å². The Hall–Kier alpha value is -2.79. The van der Waals surface area contributed by atoms with Crippen LogP contribution in [0.5, 0.6) is 0 Å². The number of halogens is 4. The van der Waals surface area contributed by atoms with Crippen molar-refractivity contribution in [3.05, 3.63) is 102 Å². The zero-order valence-corrected chi connectivity index (χ0v) is 24.5. The average Bonchev–Trinajstić information content (AvgIpc) is 3.33. The topological polar surface area (TPSA) is 108 Å². The first-order chi connectivity index (χ1) is 18.6. The number of amides is 2. The SMILES string of the molecule is Cc1csc(NC(=O)C(Sc2ccc(NC(=O)c3c(Cl)c(Cl)c(Cl)c(Cl)c3C(=O)O)cc2)c2ccccc2)n1. The maximum atomic E-state index is 13.2. The summed E-state index contributed by atoms with van der Waals surface area (Å²) in [6.45, 7) is 1.85. The van der Waals surface area contributed by atoms with Gasteiger partial charge in [0.1, 0.15) is 5.25 Å². The summed E-state index contributed by atoms with van der Waals surface area (Å²) in [4.78, 5) is 43.0. The lowest BCUT2D eigenvalue weighted by atomic mass is 10.1. The molecular weight excluding hydrogens is 624 g/mol. The number of carboxylic acid groups (broad SMARTS) is 1. The van der Waals surface area contributed by atoms with Crippen LogP contribution >= 0.6 is 69.5 Å². The molecule has 1 unspecified atom stereocenters. The molecule has 3 aromatic carbocycles. The molecule has 0 aliphatic heterocycles. The van der Waals surface area contributed by atoms with Crippen LogP contribution in [-0.4, -0.2) is 27.9 Å². The minimum absolute atomic E-state index is 0.231. The fraction of sp³-hybridized carbons (Fsp3) is 0.0769. The standard InChI is InChI=1S/C26H17Cl4N3O4S2/c1-12-11-38-26(31-12)33-24(35)22(13-5-3-2-4-6-13)39-15-9-7-14(8-10-15)32-23(34)16-17(25(36)37)19(28)21(30)20(29)18(16)27/h2-11,22H,1H3,(H,32,34)(H,36,37)(H,31,33,35). The van der Waals surface area contributed by atoms with Crippen LogP contribution in [0.4, 0.5) is 10.8 Å². The number of aryl methyl sites for hydroxylation is 1. The van der Waals surface area contributed by atoms with Gasteiger partial charge in [-0.3, -0.25) is 9.59 Å². The molecule has 0 fully saturated rings. The Morgan fingerprint density at radius 2 is 1.49 bits per heavy atom. The quantitative estimate of drug-likeness (QED) is 0.101. The van der Waals surface area contributed by atoms with Gasteiger partial charge in [0.25, 0.3) is 5.91 Å². The summed E-state index contributed by atoms with van der Waals surface area (Å²) in [5.74, 6) is -2.56. The summed E-state index contributed by atoms with van der Waals surface area (Å²) < 4.78 is 0. The van der Waals surface area contributed by atoms with E-state index < -0.39 is 33.3 Å². The first kappa shape index (κ1) is 29.2. The Labute approximate surface area is 251 Å². The summed E-state index contributed by atoms with van der Waals surface area (Å²) in [7, 11) is 0. The molecule has 1 aromatic heterocycles. The number of nitrogens with one attached hydrogen (secondary N) is 2. The van der Waals surface area contributed by atoms with Gasteiger partial charge in [-0.25, -0.2) is 9.78 Å². The van der Waals surface area contributed by atoms with E-state index in [0.717, 1.165) is 16.2 Å². The largest absolute Gasteiger partial charge is 0.478 e. The molecule has 3 N–H and O–H groups in total. The lowest BCUT2D eigenvalue weighted by Crippen LogP contribution is -2.19. The summed E-state index contributed by atoms with van der Waals surface area (Å²) in [6, 6.07) is 16.0. The van der Waals surface area contributed by atoms with Gasteiger partial charge in [-0.05, 0) is 36.8 Å². The molecule has 39 heavy (non-hydrogen) atoms. The maximum Gasteiger partial charge on any atom is 0.338 e. The van der Waals surface area contributed by atoms with Crippen molar-refractivity contribution in [3.8, 4) is 0 Å². The number of hydrogen-bond donors (Lipinski definition) is 3. The highest BCUT2D eigenvalue weighted by atomic mass is 35.5. The average molecular weight is 641 g/mol.